The van der Waals surface area contributed by atoms with Crippen molar-refractivity contribution in [1.82, 2.24) is 23.9 Å². The van der Waals surface area contributed by atoms with Gasteiger partial charge in [-0.15, -0.1) is 47.3 Å². The number of benzene rings is 5. The van der Waals surface area contributed by atoms with E-state index in [4.69, 9.17) is 5.10 Å². The van der Waals surface area contributed by atoms with Crippen molar-refractivity contribution in [1.29, 1.82) is 0 Å². The number of hydrogen-bond donors (Lipinski definition) is 0. The molecule has 0 unspecified atom stereocenters. The molecule has 0 spiro atoms. The predicted octanol–water partition coefficient (Wildman–Crippen LogP) is 9.60. The Morgan fingerprint density at radius 3 is 2.06 bits per heavy atom. The van der Waals surface area contributed by atoms with Crippen LogP contribution in [0, 0.1) is 12.1 Å². The first-order valence-corrected chi connectivity index (χ1v) is 15.6. The summed E-state index contributed by atoms with van der Waals surface area (Å²) in [5.74, 6) is 0.875. The van der Waals surface area contributed by atoms with E-state index in [0.29, 0.717) is 0 Å². The Morgan fingerprint density at radius 1 is 0.660 bits per heavy atom. The maximum absolute atomic E-state index is 5.37. The van der Waals surface area contributed by atoms with E-state index in [2.05, 4.69) is 156 Å². The van der Waals surface area contributed by atoms with Gasteiger partial charge in [-0.1, -0.05) is 105 Å². The quantitative estimate of drug-likeness (QED) is 0.163. The van der Waals surface area contributed by atoms with Crippen LogP contribution >= 0.6 is 0 Å². The molecule has 5 aromatic carbocycles. The fraction of sp³-hybridized carbons (Fsp3) is 0.122. The summed E-state index contributed by atoms with van der Waals surface area (Å²) < 4.78 is 6.39. The monoisotopic (exact) mass is 790 g/mol. The van der Waals surface area contributed by atoms with Crippen LogP contribution in [0.5, 0.6) is 0 Å². The van der Waals surface area contributed by atoms with Crippen LogP contribution in [0.25, 0.3) is 67.0 Å². The molecule has 6 heteroatoms. The third-order valence-corrected chi connectivity index (χ3v) is 8.58. The van der Waals surface area contributed by atoms with E-state index in [0.717, 1.165) is 67.3 Å². The Kier molecular flexibility index (Phi) is 7.82. The molecule has 0 fully saturated rings. The number of nitrogens with zero attached hydrogens (tertiary/aromatic N) is 5. The van der Waals surface area contributed by atoms with Gasteiger partial charge in [0.05, 0.1) is 11.5 Å². The first-order valence-electron chi connectivity index (χ1n) is 15.6. The van der Waals surface area contributed by atoms with Crippen LogP contribution in [0.4, 0.5) is 0 Å². The summed E-state index contributed by atoms with van der Waals surface area (Å²) in [4.78, 5) is 4.58. The van der Waals surface area contributed by atoms with Gasteiger partial charge in [0.1, 0.15) is 5.69 Å². The van der Waals surface area contributed by atoms with Gasteiger partial charge in [0.25, 0.3) is 0 Å². The summed E-state index contributed by atoms with van der Waals surface area (Å²) in [6, 6.07) is 47.7. The van der Waals surface area contributed by atoms with Gasteiger partial charge in [-0.25, -0.2) is 0 Å². The van der Waals surface area contributed by atoms with Crippen LogP contribution in [0.3, 0.4) is 0 Å². The van der Waals surface area contributed by atoms with Gasteiger partial charge < -0.3 is 9.13 Å². The van der Waals surface area contributed by atoms with Gasteiger partial charge in [-0.2, -0.15) is 11.2 Å². The molecule has 0 saturated carbocycles. The summed E-state index contributed by atoms with van der Waals surface area (Å²) in [6.07, 6.45) is 3.78. The van der Waals surface area contributed by atoms with Crippen LogP contribution in [-0.2, 0) is 33.5 Å². The van der Waals surface area contributed by atoms with Gasteiger partial charge in [-0.05, 0) is 28.4 Å². The third-order valence-electron chi connectivity index (χ3n) is 8.58. The molecule has 232 valence electrons. The summed E-state index contributed by atoms with van der Waals surface area (Å²) in [7, 11) is 2.01. The average Bonchev–Trinajstić information content (AvgIpc) is 3.79. The number of imidazole rings is 1. The number of fused-ring (bicyclic) bond motifs is 3. The molecule has 0 aliphatic heterocycles. The summed E-state index contributed by atoms with van der Waals surface area (Å²) in [6.45, 7) is 6.78. The molecular weight excluding hydrogens is 758 g/mol. The van der Waals surface area contributed by atoms with Gasteiger partial charge in [-0.3, -0.25) is 9.67 Å². The molecule has 3 aromatic heterocycles. The molecule has 8 rings (SSSR count). The minimum Gasteiger partial charge on any atom is -0.373 e. The number of aryl methyl sites for hydroxylation is 1. The molecular formula is C41H33N5Pt. The van der Waals surface area contributed by atoms with Crippen molar-refractivity contribution in [3.05, 3.63) is 145 Å². The zero-order chi connectivity index (χ0) is 31.4. The molecule has 8 aromatic rings. The molecule has 0 N–H and O–H groups in total. The summed E-state index contributed by atoms with van der Waals surface area (Å²) in [5, 5.41) is 7.67. The van der Waals surface area contributed by atoms with E-state index in [1.165, 1.54) is 5.39 Å². The molecule has 5 nitrogen and oxygen atoms in total. The maximum atomic E-state index is 5.37. The van der Waals surface area contributed by atoms with Crippen molar-refractivity contribution < 1.29 is 21.1 Å². The Hall–Kier alpha value is -4.99. The van der Waals surface area contributed by atoms with E-state index in [1.807, 2.05) is 30.1 Å². The SMILES string of the molecule is Cn1ccnc1-c1[c-]c(-n2c3[c-]c(-n4nc(-c5ccccc5)c(-c5ccccc5)c4C(C)(C)C)ccc3c3ccccc32)ccc1.[Pt+2]. The number of hydrogen-bond acceptors (Lipinski definition) is 2. The van der Waals surface area contributed by atoms with E-state index in [9.17, 15) is 0 Å². The molecule has 0 aliphatic carbocycles. The van der Waals surface area contributed by atoms with Crippen LogP contribution in [0.2, 0.25) is 0 Å². The number of para-hydroxylation sites is 1. The van der Waals surface area contributed by atoms with E-state index >= 15 is 0 Å². The number of aromatic nitrogens is 5. The largest absolute Gasteiger partial charge is 2.00 e. The molecule has 47 heavy (non-hydrogen) atoms. The molecule has 0 radical (unpaired) electrons. The zero-order valence-electron chi connectivity index (χ0n) is 26.7. The smallest absolute Gasteiger partial charge is 0.373 e. The molecule has 0 saturated heterocycles. The van der Waals surface area contributed by atoms with Gasteiger partial charge in [0.2, 0.25) is 0 Å². The van der Waals surface area contributed by atoms with Crippen LogP contribution < -0.4 is 0 Å². The molecule has 0 amide bonds. The van der Waals surface area contributed by atoms with E-state index < -0.39 is 0 Å². The standard InChI is InChI=1S/C41H33N5.Pt/c1-41(2,3)39-37(28-14-7-5-8-15-28)38(29-16-9-6-10-17-29)43-46(39)32-22-23-34-33-20-11-12-21-35(33)45(36(34)27-32)31-19-13-18-30(26-31)40-42-24-25-44(40)4;/h5-25H,1-4H3;/q-2;+2. The Labute approximate surface area is 289 Å². The summed E-state index contributed by atoms with van der Waals surface area (Å²) in [5.41, 5.74) is 10.1. The first-order chi connectivity index (χ1) is 22.4. The van der Waals surface area contributed by atoms with Gasteiger partial charge in [0.15, 0.2) is 0 Å². The third kappa shape index (κ3) is 5.25. The van der Waals surface area contributed by atoms with Crippen molar-refractivity contribution in [3.8, 4) is 45.1 Å². The normalized spacial score (nSPS) is 11.7. The number of rotatable bonds is 5. The fourth-order valence-corrected chi connectivity index (χ4v) is 6.56. The van der Waals surface area contributed by atoms with Crippen LogP contribution in [0.15, 0.2) is 128 Å². The molecule has 0 bridgehead atoms. The zero-order valence-corrected chi connectivity index (χ0v) is 28.9. The Morgan fingerprint density at radius 2 is 1.36 bits per heavy atom. The molecule has 0 atom stereocenters. The fourth-order valence-electron chi connectivity index (χ4n) is 6.56. The first kappa shape index (κ1) is 30.7. The minimum absolute atomic E-state index is 0. The van der Waals surface area contributed by atoms with Crippen molar-refractivity contribution >= 4 is 21.8 Å². The van der Waals surface area contributed by atoms with E-state index in [-0.39, 0.29) is 26.5 Å². The second-order valence-corrected chi connectivity index (χ2v) is 12.7. The Balaban J connectivity index is 0.00000351. The van der Waals surface area contributed by atoms with Crippen LogP contribution in [0.1, 0.15) is 26.5 Å². The van der Waals surface area contributed by atoms with Crippen molar-refractivity contribution in [2.75, 3.05) is 0 Å². The van der Waals surface area contributed by atoms with E-state index in [1.54, 1.807) is 0 Å². The molecule has 0 aliphatic rings. The predicted molar refractivity (Wildman–Crippen MR) is 187 cm³/mol. The van der Waals surface area contributed by atoms with Gasteiger partial charge in [0, 0.05) is 41.5 Å². The van der Waals surface area contributed by atoms with Crippen molar-refractivity contribution in [2.24, 2.45) is 7.05 Å². The topological polar surface area (TPSA) is 40.6 Å². The van der Waals surface area contributed by atoms with Crippen molar-refractivity contribution in [2.45, 2.75) is 26.2 Å². The summed E-state index contributed by atoms with van der Waals surface area (Å²) >= 11 is 0. The maximum Gasteiger partial charge on any atom is 2.00 e. The average molecular weight is 791 g/mol. The minimum atomic E-state index is -0.217. The second kappa shape index (κ2) is 12.0. The van der Waals surface area contributed by atoms with Crippen LogP contribution in [-0.4, -0.2) is 23.9 Å². The molecule has 3 heterocycles. The van der Waals surface area contributed by atoms with Gasteiger partial charge >= 0.3 is 21.1 Å². The second-order valence-electron chi connectivity index (χ2n) is 12.7. The van der Waals surface area contributed by atoms with Crippen molar-refractivity contribution in [3.63, 3.8) is 0 Å². The Bertz CT molecular complexity index is 2360.